The average molecular weight is 277 g/mol. The van der Waals surface area contributed by atoms with Crippen molar-refractivity contribution in [2.24, 2.45) is 0 Å². The van der Waals surface area contributed by atoms with E-state index in [0.717, 1.165) is 4.47 Å². The minimum absolute atomic E-state index is 0.0488. The predicted molar refractivity (Wildman–Crippen MR) is 59.8 cm³/mol. The van der Waals surface area contributed by atoms with Gasteiger partial charge in [-0.15, -0.1) is 0 Å². The second-order valence-corrected chi connectivity index (χ2v) is 3.54. The van der Waals surface area contributed by atoms with E-state index in [9.17, 15) is 0 Å². The Morgan fingerprint density at radius 1 is 1.20 bits per heavy atom. The van der Waals surface area contributed by atoms with E-state index in [2.05, 4.69) is 15.9 Å². The van der Waals surface area contributed by atoms with Gasteiger partial charge in [-0.05, 0) is 28.1 Å². The monoisotopic (exact) mass is 276 g/mol. The highest BCUT2D eigenvalue weighted by molar-refractivity contribution is 9.10. The van der Waals surface area contributed by atoms with Crippen molar-refractivity contribution in [2.75, 3.05) is 27.4 Å². The van der Waals surface area contributed by atoms with E-state index in [-0.39, 0.29) is 13.2 Å². The van der Waals surface area contributed by atoms with Crippen LogP contribution in [0.25, 0.3) is 0 Å². The van der Waals surface area contributed by atoms with Crippen LogP contribution in [-0.2, 0) is 0 Å². The lowest BCUT2D eigenvalue weighted by Crippen LogP contribution is -2.04. The van der Waals surface area contributed by atoms with Crippen molar-refractivity contribution in [1.82, 2.24) is 0 Å². The topological polar surface area (TPSA) is 47.9 Å². The lowest BCUT2D eigenvalue weighted by molar-refractivity contribution is 0.194. The smallest absolute Gasteiger partial charge is 0.204 e. The van der Waals surface area contributed by atoms with Crippen molar-refractivity contribution in [1.29, 1.82) is 0 Å². The fraction of sp³-hybridized carbons (Fsp3) is 0.400. The van der Waals surface area contributed by atoms with E-state index in [4.69, 9.17) is 19.3 Å². The molecule has 1 aromatic carbocycles. The van der Waals surface area contributed by atoms with Gasteiger partial charge >= 0.3 is 0 Å². The minimum Gasteiger partial charge on any atom is -0.493 e. The van der Waals surface area contributed by atoms with Gasteiger partial charge in [0.15, 0.2) is 11.5 Å². The molecule has 1 rings (SSSR count). The highest BCUT2D eigenvalue weighted by atomic mass is 79.9. The highest BCUT2D eigenvalue weighted by Crippen LogP contribution is 2.42. The summed E-state index contributed by atoms with van der Waals surface area (Å²) in [6, 6.07) is 3.57. The molecule has 0 aliphatic heterocycles. The Hall–Kier alpha value is -0.940. The van der Waals surface area contributed by atoms with Crippen LogP contribution < -0.4 is 14.2 Å². The molecule has 0 spiro atoms. The SMILES string of the molecule is COc1ccc(Br)c(OCCO)c1OC. The molecule has 0 fully saturated rings. The van der Waals surface area contributed by atoms with Crippen molar-refractivity contribution in [2.45, 2.75) is 0 Å². The van der Waals surface area contributed by atoms with Crippen LogP contribution in [0, 0.1) is 0 Å². The van der Waals surface area contributed by atoms with Crippen molar-refractivity contribution in [3.63, 3.8) is 0 Å². The van der Waals surface area contributed by atoms with Gasteiger partial charge < -0.3 is 19.3 Å². The number of benzene rings is 1. The average Bonchev–Trinajstić information content (AvgIpc) is 2.27. The van der Waals surface area contributed by atoms with Gasteiger partial charge in [-0.25, -0.2) is 0 Å². The van der Waals surface area contributed by atoms with E-state index < -0.39 is 0 Å². The molecule has 5 heteroatoms. The summed E-state index contributed by atoms with van der Waals surface area (Å²) in [5, 5.41) is 8.70. The molecule has 1 N–H and O–H groups in total. The van der Waals surface area contributed by atoms with Crippen molar-refractivity contribution < 1.29 is 19.3 Å². The largest absolute Gasteiger partial charge is 0.493 e. The Kier molecular flexibility index (Phi) is 4.71. The molecule has 1 aromatic rings. The van der Waals surface area contributed by atoms with Crippen LogP contribution >= 0.6 is 15.9 Å². The minimum atomic E-state index is -0.0488. The van der Waals surface area contributed by atoms with E-state index in [1.807, 2.05) is 0 Å². The van der Waals surface area contributed by atoms with Gasteiger partial charge in [-0.3, -0.25) is 0 Å². The van der Waals surface area contributed by atoms with E-state index in [1.165, 1.54) is 7.11 Å². The summed E-state index contributed by atoms with van der Waals surface area (Å²) in [7, 11) is 3.09. The summed E-state index contributed by atoms with van der Waals surface area (Å²) in [5.41, 5.74) is 0. The molecule has 84 valence electrons. The van der Waals surface area contributed by atoms with Crippen LogP contribution in [0.1, 0.15) is 0 Å². The first kappa shape index (κ1) is 12.1. The van der Waals surface area contributed by atoms with Gasteiger partial charge in [0, 0.05) is 0 Å². The standard InChI is InChI=1S/C10H13BrO4/c1-13-8-4-3-7(11)9(10(8)14-2)15-6-5-12/h3-4,12H,5-6H2,1-2H3. The van der Waals surface area contributed by atoms with Crippen molar-refractivity contribution >= 4 is 15.9 Å². The number of rotatable bonds is 5. The Morgan fingerprint density at radius 2 is 1.93 bits per heavy atom. The van der Waals surface area contributed by atoms with Crippen molar-refractivity contribution in [3.05, 3.63) is 16.6 Å². The number of ether oxygens (including phenoxy) is 3. The van der Waals surface area contributed by atoms with Gasteiger partial charge in [0.05, 0.1) is 25.3 Å². The van der Waals surface area contributed by atoms with Crippen LogP contribution in [0.3, 0.4) is 0 Å². The Morgan fingerprint density at radius 3 is 2.47 bits per heavy atom. The summed E-state index contributed by atoms with van der Waals surface area (Å²) in [6.45, 7) is 0.162. The lowest BCUT2D eigenvalue weighted by atomic mass is 10.3. The second-order valence-electron chi connectivity index (χ2n) is 2.68. The molecule has 15 heavy (non-hydrogen) atoms. The molecule has 0 aliphatic rings. The molecule has 4 nitrogen and oxygen atoms in total. The quantitative estimate of drug-likeness (QED) is 0.892. The molecule has 0 heterocycles. The van der Waals surface area contributed by atoms with E-state index >= 15 is 0 Å². The normalized spacial score (nSPS) is 9.87. The van der Waals surface area contributed by atoms with Crippen LogP contribution in [-0.4, -0.2) is 32.5 Å². The summed E-state index contributed by atoms with van der Waals surface area (Å²) in [4.78, 5) is 0. The summed E-state index contributed by atoms with van der Waals surface area (Å²) >= 11 is 3.34. The maximum absolute atomic E-state index is 8.70. The highest BCUT2D eigenvalue weighted by Gasteiger charge is 2.14. The molecule has 0 bridgehead atoms. The van der Waals surface area contributed by atoms with Gasteiger partial charge in [0.25, 0.3) is 0 Å². The molecule has 0 saturated heterocycles. The number of methoxy groups -OCH3 is 2. The fourth-order valence-electron chi connectivity index (χ4n) is 1.16. The van der Waals surface area contributed by atoms with Crippen LogP contribution in [0.4, 0.5) is 0 Å². The number of halogens is 1. The number of hydrogen-bond acceptors (Lipinski definition) is 4. The first-order chi connectivity index (χ1) is 7.24. The Bertz CT molecular complexity index is 327. The summed E-state index contributed by atoms with van der Waals surface area (Å²) < 4.78 is 16.4. The molecule has 0 radical (unpaired) electrons. The lowest BCUT2D eigenvalue weighted by Gasteiger charge is -2.14. The van der Waals surface area contributed by atoms with Gasteiger partial charge in [-0.2, -0.15) is 0 Å². The second kappa shape index (κ2) is 5.82. The Labute approximate surface area is 96.9 Å². The summed E-state index contributed by atoms with van der Waals surface area (Å²) in [6.07, 6.45) is 0. The fourth-order valence-corrected chi connectivity index (χ4v) is 1.58. The molecule has 0 aromatic heterocycles. The zero-order chi connectivity index (χ0) is 11.3. The molecule has 0 atom stereocenters. The zero-order valence-electron chi connectivity index (χ0n) is 8.62. The number of hydrogen-bond donors (Lipinski definition) is 1. The third-order valence-electron chi connectivity index (χ3n) is 1.79. The third kappa shape index (κ3) is 2.76. The molecule has 0 amide bonds. The van der Waals surface area contributed by atoms with Gasteiger partial charge in [-0.1, -0.05) is 0 Å². The maximum Gasteiger partial charge on any atom is 0.204 e. The number of aliphatic hydroxyl groups excluding tert-OH is 1. The maximum atomic E-state index is 8.70. The van der Waals surface area contributed by atoms with Gasteiger partial charge in [0.2, 0.25) is 5.75 Å². The first-order valence-electron chi connectivity index (χ1n) is 4.38. The van der Waals surface area contributed by atoms with Crippen LogP contribution in [0.15, 0.2) is 16.6 Å². The van der Waals surface area contributed by atoms with Gasteiger partial charge in [0.1, 0.15) is 6.61 Å². The van der Waals surface area contributed by atoms with E-state index in [0.29, 0.717) is 17.2 Å². The predicted octanol–water partition coefficient (Wildman–Crippen LogP) is 1.84. The third-order valence-corrected chi connectivity index (χ3v) is 2.41. The van der Waals surface area contributed by atoms with Crippen LogP contribution in [0.5, 0.6) is 17.2 Å². The molecular weight excluding hydrogens is 264 g/mol. The number of aliphatic hydroxyl groups is 1. The zero-order valence-corrected chi connectivity index (χ0v) is 10.2. The summed E-state index contributed by atoms with van der Waals surface area (Å²) in [5.74, 6) is 1.64. The molecule has 0 saturated carbocycles. The Balaban J connectivity index is 3.07. The molecule has 0 unspecified atom stereocenters. The van der Waals surface area contributed by atoms with E-state index in [1.54, 1.807) is 19.2 Å². The molecular formula is C10H13BrO4. The van der Waals surface area contributed by atoms with Crippen molar-refractivity contribution in [3.8, 4) is 17.2 Å². The van der Waals surface area contributed by atoms with Crippen LogP contribution in [0.2, 0.25) is 0 Å². The first-order valence-corrected chi connectivity index (χ1v) is 5.18. The molecule has 0 aliphatic carbocycles.